The summed E-state index contributed by atoms with van der Waals surface area (Å²) in [6, 6.07) is 13.2. The maximum atomic E-state index is 12.0. The van der Waals surface area contributed by atoms with E-state index in [4.69, 9.17) is 21.1 Å². The van der Waals surface area contributed by atoms with Crippen molar-refractivity contribution in [1.82, 2.24) is 0 Å². The van der Waals surface area contributed by atoms with Crippen LogP contribution >= 0.6 is 11.6 Å². The van der Waals surface area contributed by atoms with Gasteiger partial charge in [0.15, 0.2) is 11.9 Å². The van der Waals surface area contributed by atoms with Gasteiger partial charge in [-0.3, -0.25) is 4.79 Å². The lowest BCUT2D eigenvalue weighted by Crippen LogP contribution is -2.28. The molecular weight excluding hydrogens is 316 g/mol. The van der Waals surface area contributed by atoms with Crippen LogP contribution in [0.3, 0.4) is 0 Å². The normalized spacial score (nSPS) is 11.6. The van der Waals surface area contributed by atoms with Crippen molar-refractivity contribution in [2.75, 3.05) is 0 Å². The molecule has 0 aliphatic carbocycles. The lowest BCUT2D eigenvalue weighted by Gasteiger charge is -2.14. The molecule has 0 heterocycles. The number of esters is 1. The van der Waals surface area contributed by atoms with Crippen LogP contribution in [0.4, 0.5) is 0 Å². The van der Waals surface area contributed by atoms with Gasteiger partial charge in [0, 0.05) is 17.0 Å². The highest BCUT2D eigenvalue weighted by atomic mass is 35.5. The van der Waals surface area contributed by atoms with Crippen LogP contribution in [0.15, 0.2) is 48.5 Å². The maximum Gasteiger partial charge on any atom is 0.352 e. The molecule has 0 aliphatic heterocycles. The molecule has 1 unspecified atom stereocenters. The Kier molecular flexibility index (Phi) is 5.77. The van der Waals surface area contributed by atoms with Crippen molar-refractivity contribution in [1.29, 1.82) is 0 Å². The van der Waals surface area contributed by atoms with Crippen LogP contribution in [-0.2, 0) is 4.79 Å². The lowest BCUT2D eigenvalue weighted by atomic mass is 10.1. The average molecular weight is 333 g/mol. The Morgan fingerprint density at radius 3 is 2.39 bits per heavy atom. The van der Waals surface area contributed by atoms with Crippen molar-refractivity contribution < 1.29 is 19.1 Å². The van der Waals surface area contributed by atoms with E-state index in [1.807, 2.05) is 0 Å². The van der Waals surface area contributed by atoms with Gasteiger partial charge in [0.2, 0.25) is 0 Å². The second-order valence-electron chi connectivity index (χ2n) is 4.94. The van der Waals surface area contributed by atoms with Crippen molar-refractivity contribution in [2.45, 2.75) is 26.4 Å². The van der Waals surface area contributed by atoms with Crippen molar-refractivity contribution >= 4 is 23.4 Å². The monoisotopic (exact) mass is 332 g/mol. The topological polar surface area (TPSA) is 52.6 Å². The third kappa shape index (κ3) is 4.83. The van der Waals surface area contributed by atoms with Gasteiger partial charge >= 0.3 is 5.97 Å². The van der Waals surface area contributed by atoms with Gasteiger partial charge in [0.1, 0.15) is 11.5 Å². The number of ketones is 1. The highest BCUT2D eigenvalue weighted by Gasteiger charge is 2.17. The second-order valence-corrected chi connectivity index (χ2v) is 5.38. The van der Waals surface area contributed by atoms with Crippen molar-refractivity contribution in [2.24, 2.45) is 0 Å². The quantitative estimate of drug-likeness (QED) is 0.449. The summed E-state index contributed by atoms with van der Waals surface area (Å²) in [5.74, 6) is 0.370. The molecule has 2 rings (SSSR count). The Morgan fingerprint density at radius 2 is 1.78 bits per heavy atom. The van der Waals surface area contributed by atoms with Gasteiger partial charge in [-0.2, -0.15) is 0 Å². The predicted octanol–water partition coefficient (Wildman–Crippen LogP) is 4.31. The Labute approximate surface area is 140 Å². The molecule has 0 saturated heterocycles. The minimum absolute atomic E-state index is 0.0422. The zero-order valence-electron chi connectivity index (χ0n) is 12.9. The number of Topliss-reactive ketones (excluding diaryl/α,β-unsaturated/α-hetero) is 1. The smallest absolute Gasteiger partial charge is 0.352 e. The molecule has 0 fully saturated rings. The molecule has 0 N–H and O–H groups in total. The molecule has 0 spiro atoms. The van der Waals surface area contributed by atoms with E-state index >= 15 is 0 Å². The lowest BCUT2D eigenvalue weighted by molar-refractivity contribution is -0.141. The first-order valence-corrected chi connectivity index (χ1v) is 7.64. The van der Waals surface area contributed by atoms with Crippen LogP contribution < -0.4 is 9.47 Å². The molecule has 0 saturated carbocycles. The number of halogens is 1. The van der Waals surface area contributed by atoms with Gasteiger partial charge in [-0.25, -0.2) is 4.79 Å². The van der Waals surface area contributed by atoms with Crippen molar-refractivity contribution in [3.63, 3.8) is 0 Å². The number of hydrogen-bond donors (Lipinski definition) is 0. The van der Waals surface area contributed by atoms with Gasteiger partial charge in [0.05, 0.1) is 0 Å². The van der Waals surface area contributed by atoms with Crippen molar-refractivity contribution in [3.05, 3.63) is 59.1 Å². The molecule has 5 heteroatoms. The van der Waals surface area contributed by atoms with Crippen LogP contribution in [0.2, 0.25) is 5.02 Å². The minimum atomic E-state index is -0.787. The molecule has 2 aromatic carbocycles. The Morgan fingerprint density at radius 1 is 1.09 bits per heavy atom. The molecule has 4 nitrogen and oxygen atoms in total. The van der Waals surface area contributed by atoms with Gasteiger partial charge < -0.3 is 9.47 Å². The second kappa shape index (κ2) is 7.79. The summed E-state index contributed by atoms with van der Waals surface area (Å²) in [7, 11) is 0. The fourth-order valence-electron chi connectivity index (χ4n) is 1.90. The first-order valence-electron chi connectivity index (χ1n) is 7.26. The highest BCUT2D eigenvalue weighted by molar-refractivity contribution is 6.30. The van der Waals surface area contributed by atoms with Crippen LogP contribution in [0.1, 0.15) is 30.6 Å². The highest BCUT2D eigenvalue weighted by Crippen LogP contribution is 2.19. The van der Waals surface area contributed by atoms with Crippen LogP contribution in [0.5, 0.6) is 11.5 Å². The third-order valence-corrected chi connectivity index (χ3v) is 3.39. The predicted molar refractivity (Wildman–Crippen MR) is 88.2 cm³/mol. The Hall–Kier alpha value is -2.33. The number of hydrogen-bond acceptors (Lipinski definition) is 4. The molecule has 23 heavy (non-hydrogen) atoms. The van der Waals surface area contributed by atoms with Gasteiger partial charge in [-0.05, 0) is 49.4 Å². The number of carbonyl (C=O) groups excluding carboxylic acids is 2. The zero-order valence-corrected chi connectivity index (χ0v) is 13.7. The summed E-state index contributed by atoms with van der Waals surface area (Å²) < 4.78 is 10.7. The molecule has 0 amide bonds. The molecule has 120 valence electrons. The van der Waals surface area contributed by atoms with Gasteiger partial charge in [-0.1, -0.05) is 24.6 Å². The minimum Gasteiger partial charge on any atom is -0.479 e. The summed E-state index contributed by atoms with van der Waals surface area (Å²) in [4.78, 5) is 23.6. The Balaban J connectivity index is 1.96. The van der Waals surface area contributed by atoms with Crippen LogP contribution in [0.25, 0.3) is 0 Å². The van der Waals surface area contributed by atoms with E-state index in [0.29, 0.717) is 28.5 Å². The van der Waals surface area contributed by atoms with E-state index in [2.05, 4.69) is 0 Å². The number of ether oxygens (including phenoxy) is 2. The average Bonchev–Trinajstić information content (AvgIpc) is 2.54. The zero-order chi connectivity index (χ0) is 16.8. The summed E-state index contributed by atoms with van der Waals surface area (Å²) in [6.07, 6.45) is -0.352. The fourth-order valence-corrected chi connectivity index (χ4v) is 2.08. The van der Waals surface area contributed by atoms with E-state index < -0.39 is 12.1 Å². The van der Waals surface area contributed by atoms with E-state index in [1.165, 1.54) is 0 Å². The summed E-state index contributed by atoms with van der Waals surface area (Å²) in [5, 5.41) is 0.527. The molecule has 0 aromatic heterocycles. The number of benzene rings is 2. The molecule has 2 aromatic rings. The first-order chi connectivity index (χ1) is 11.0. The largest absolute Gasteiger partial charge is 0.479 e. The number of carbonyl (C=O) groups is 2. The molecule has 0 radical (unpaired) electrons. The van der Waals surface area contributed by atoms with Gasteiger partial charge in [0.25, 0.3) is 0 Å². The molecule has 0 bridgehead atoms. The van der Waals surface area contributed by atoms with E-state index in [1.54, 1.807) is 62.4 Å². The molecule has 0 aliphatic rings. The third-order valence-electron chi connectivity index (χ3n) is 3.16. The SMILES string of the molecule is CCC(=O)c1ccc(OC(=O)C(C)Oc2cccc(Cl)c2)cc1. The molecule has 1 atom stereocenters. The Bertz CT molecular complexity index is 694. The maximum absolute atomic E-state index is 12.0. The van der Waals surface area contributed by atoms with Crippen LogP contribution in [0, 0.1) is 0 Å². The fraction of sp³-hybridized carbons (Fsp3) is 0.222. The van der Waals surface area contributed by atoms with E-state index in [9.17, 15) is 9.59 Å². The van der Waals surface area contributed by atoms with Crippen LogP contribution in [-0.4, -0.2) is 17.9 Å². The summed E-state index contributed by atoms with van der Waals surface area (Å²) in [6.45, 7) is 3.39. The summed E-state index contributed by atoms with van der Waals surface area (Å²) >= 11 is 5.87. The summed E-state index contributed by atoms with van der Waals surface area (Å²) in [5.41, 5.74) is 0.593. The van der Waals surface area contributed by atoms with Gasteiger partial charge in [-0.15, -0.1) is 0 Å². The standard InChI is InChI=1S/C18H17ClO4/c1-3-17(20)13-7-9-15(10-8-13)23-18(21)12(2)22-16-6-4-5-14(19)11-16/h4-12H,3H2,1-2H3. The molecular formula is C18H17ClO4. The van der Waals surface area contributed by atoms with E-state index in [0.717, 1.165) is 0 Å². The number of rotatable bonds is 6. The van der Waals surface area contributed by atoms with Crippen molar-refractivity contribution in [3.8, 4) is 11.5 Å². The first kappa shape index (κ1) is 17.0. The van der Waals surface area contributed by atoms with E-state index in [-0.39, 0.29) is 5.78 Å².